The fraction of sp³-hybridized carbons (Fsp3) is 0.900. The van der Waals surface area contributed by atoms with Crippen LogP contribution in [0.25, 0.3) is 0 Å². The van der Waals surface area contributed by atoms with Gasteiger partial charge in [-0.25, -0.2) is 0 Å². The summed E-state index contributed by atoms with van der Waals surface area (Å²) in [5, 5.41) is 3.05. The van der Waals surface area contributed by atoms with E-state index in [4.69, 9.17) is 11.6 Å². The highest BCUT2D eigenvalue weighted by Crippen LogP contribution is 2.24. The Hall–Kier alpha value is 0.110. The van der Waals surface area contributed by atoms with Gasteiger partial charge in [0, 0.05) is 17.6 Å². The van der Waals surface area contributed by atoms with Crippen LogP contribution in [-0.4, -0.2) is 28.8 Å². The van der Waals surface area contributed by atoms with Gasteiger partial charge in [0.05, 0.1) is 5.54 Å². The van der Waals surface area contributed by atoms with Gasteiger partial charge in [-0.1, -0.05) is 6.92 Å². The van der Waals surface area contributed by atoms with Gasteiger partial charge in [-0.15, -0.1) is 11.6 Å². The minimum atomic E-state index is -0.230. The highest BCUT2D eigenvalue weighted by molar-refractivity contribution is 7.99. The summed E-state index contributed by atoms with van der Waals surface area (Å²) in [5.74, 6) is 2.94. The molecule has 1 heterocycles. The van der Waals surface area contributed by atoms with E-state index < -0.39 is 0 Å². The minimum absolute atomic E-state index is 0.181. The standard InChI is InChI=1S/C10H18ClNOS/c1-3-10(2,7-11)12-9(13)8-4-5-14-6-8/h8H,3-7H2,1-2H3,(H,12,13). The van der Waals surface area contributed by atoms with Crippen LogP contribution in [0, 0.1) is 5.92 Å². The summed E-state index contributed by atoms with van der Waals surface area (Å²) in [4.78, 5) is 11.8. The smallest absolute Gasteiger partial charge is 0.224 e. The van der Waals surface area contributed by atoms with Crippen LogP contribution in [0.15, 0.2) is 0 Å². The van der Waals surface area contributed by atoms with Crippen molar-refractivity contribution in [1.29, 1.82) is 0 Å². The second-order valence-corrected chi connectivity index (χ2v) is 5.51. The van der Waals surface area contributed by atoms with Gasteiger partial charge in [-0.2, -0.15) is 11.8 Å². The molecule has 1 fully saturated rings. The molecule has 1 saturated heterocycles. The second kappa shape index (κ2) is 5.26. The molecule has 1 rings (SSSR count). The van der Waals surface area contributed by atoms with Gasteiger partial charge >= 0.3 is 0 Å². The normalized spacial score (nSPS) is 25.8. The lowest BCUT2D eigenvalue weighted by molar-refractivity contribution is -0.125. The fourth-order valence-corrected chi connectivity index (χ4v) is 2.83. The molecule has 2 nitrogen and oxygen atoms in total. The summed E-state index contributed by atoms with van der Waals surface area (Å²) in [6.07, 6.45) is 1.89. The Kier molecular flexibility index (Phi) is 4.58. The summed E-state index contributed by atoms with van der Waals surface area (Å²) < 4.78 is 0. The molecule has 1 aliphatic rings. The van der Waals surface area contributed by atoms with E-state index >= 15 is 0 Å². The first-order valence-corrected chi connectivity index (χ1v) is 6.76. The van der Waals surface area contributed by atoms with Crippen molar-refractivity contribution in [2.45, 2.75) is 32.2 Å². The van der Waals surface area contributed by atoms with Gasteiger partial charge in [0.25, 0.3) is 0 Å². The third-order valence-electron chi connectivity index (χ3n) is 2.80. The maximum absolute atomic E-state index is 11.8. The Morgan fingerprint density at radius 2 is 2.43 bits per heavy atom. The van der Waals surface area contributed by atoms with E-state index in [1.54, 1.807) is 0 Å². The van der Waals surface area contributed by atoms with Gasteiger partial charge in [0.1, 0.15) is 0 Å². The van der Waals surface area contributed by atoms with Crippen LogP contribution < -0.4 is 5.32 Å². The van der Waals surface area contributed by atoms with E-state index in [1.165, 1.54) is 0 Å². The Balaban J connectivity index is 2.45. The van der Waals surface area contributed by atoms with Crippen molar-refractivity contribution in [2.75, 3.05) is 17.4 Å². The number of nitrogens with one attached hydrogen (secondary N) is 1. The molecule has 2 unspecified atom stereocenters. The third-order valence-corrected chi connectivity index (χ3v) is 4.55. The maximum atomic E-state index is 11.8. The number of carbonyl (C=O) groups is 1. The number of amides is 1. The van der Waals surface area contributed by atoms with E-state index in [-0.39, 0.29) is 17.4 Å². The molecule has 0 spiro atoms. The Morgan fingerprint density at radius 3 is 2.86 bits per heavy atom. The quantitative estimate of drug-likeness (QED) is 0.758. The number of carbonyl (C=O) groups excluding carboxylic acids is 1. The number of hydrogen-bond acceptors (Lipinski definition) is 2. The van der Waals surface area contributed by atoms with Gasteiger partial charge in [0.15, 0.2) is 0 Å². The molecule has 1 amide bonds. The molecular weight excluding hydrogens is 218 g/mol. The number of thioether (sulfide) groups is 1. The number of alkyl halides is 1. The first-order valence-electron chi connectivity index (χ1n) is 5.07. The van der Waals surface area contributed by atoms with E-state index in [0.29, 0.717) is 5.88 Å². The molecule has 1 aliphatic heterocycles. The molecule has 0 saturated carbocycles. The minimum Gasteiger partial charge on any atom is -0.349 e. The average molecular weight is 236 g/mol. The van der Waals surface area contributed by atoms with Gasteiger partial charge in [-0.3, -0.25) is 4.79 Å². The van der Waals surface area contributed by atoms with Crippen molar-refractivity contribution in [1.82, 2.24) is 5.32 Å². The van der Waals surface area contributed by atoms with Crippen LogP contribution >= 0.6 is 23.4 Å². The molecule has 82 valence electrons. The lowest BCUT2D eigenvalue weighted by Gasteiger charge is -2.28. The molecule has 0 bridgehead atoms. The lowest BCUT2D eigenvalue weighted by atomic mass is 9.99. The van der Waals surface area contributed by atoms with Crippen molar-refractivity contribution >= 4 is 29.3 Å². The molecule has 0 aliphatic carbocycles. The van der Waals surface area contributed by atoms with Gasteiger partial charge < -0.3 is 5.32 Å². The summed E-state index contributed by atoms with van der Waals surface area (Å²) in [6, 6.07) is 0. The van der Waals surface area contributed by atoms with Crippen molar-refractivity contribution in [2.24, 2.45) is 5.92 Å². The second-order valence-electron chi connectivity index (χ2n) is 4.10. The van der Waals surface area contributed by atoms with E-state index in [1.807, 2.05) is 25.6 Å². The Morgan fingerprint density at radius 1 is 1.71 bits per heavy atom. The number of hydrogen-bond donors (Lipinski definition) is 1. The molecule has 14 heavy (non-hydrogen) atoms. The van der Waals surface area contributed by atoms with Crippen molar-refractivity contribution < 1.29 is 4.79 Å². The summed E-state index contributed by atoms with van der Waals surface area (Å²) in [5.41, 5.74) is -0.230. The lowest BCUT2D eigenvalue weighted by Crippen LogP contribution is -2.49. The number of rotatable bonds is 4. The van der Waals surface area contributed by atoms with Gasteiger partial charge in [0.2, 0.25) is 5.91 Å². The molecule has 0 aromatic carbocycles. The molecule has 4 heteroatoms. The highest BCUT2D eigenvalue weighted by atomic mass is 35.5. The Labute approximate surface area is 95.2 Å². The van der Waals surface area contributed by atoms with Gasteiger partial charge in [-0.05, 0) is 25.5 Å². The molecule has 0 radical (unpaired) electrons. The predicted molar refractivity (Wildman–Crippen MR) is 63.0 cm³/mol. The van der Waals surface area contributed by atoms with Crippen LogP contribution in [0.1, 0.15) is 26.7 Å². The zero-order valence-electron chi connectivity index (χ0n) is 8.81. The van der Waals surface area contributed by atoms with Crippen LogP contribution in [-0.2, 0) is 4.79 Å². The Bertz CT molecular complexity index is 200. The van der Waals surface area contributed by atoms with Crippen LogP contribution in [0.4, 0.5) is 0 Å². The van der Waals surface area contributed by atoms with Crippen molar-refractivity contribution in [3.05, 3.63) is 0 Å². The van der Waals surface area contributed by atoms with E-state index in [2.05, 4.69) is 5.32 Å². The predicted octanol–water partition coefficient (Wildman–Crippen LogP) is 2.26. The molecule has 0 aromatic heterocycles. The monoisotopic (exact) mass is 235 g/mol. The first kappa shape index (κ1) is 12.2. The zero-order chi connectivity index (χ0) is 10.6. The SMILES string of the molecule is CCC(C)(CCl)NC(=O)C1CCSC1. The molecule has 1 N–H and O–H groups in total. The van der Waals surface area contributed by atoms with Crippen molar-refractivity contribution in [3.8, 4) is 0 Å². The summed E-state index contributed by atoms with van der Waals surface area (Å²) in [6.45, 7) is 4.05. The topological polar surface area (TPSA) is 29.1 Å². The molecule has 0 aromatic rings. The van der Waals surface area contributed by atoms with Crippen LogP contribution in [0.5, 0.6) is 0 Å². The maximum Gasteiger partial charge on any atom is 0.224 e. The van der Waals surface area contributed by atoms with E-state index in [0.717, 1.165) is 24.3 Å². The molecule has 2 atom stereocenters. The average Bonchev–Trinajstić information content (AvgIpc) is 2.70. The molecular formula is C10H18ClNOS. The van der Waals surface area contributed by atoms with Crippen LogP contribution in [0.2, 0.25) is 0 Å². The van der Waals surface area contributed by atoms with E-state index in [9.17, 15) is 4.79 Å². The summed E-state index contributed by atoms with van der Waals surface area (Å²) in [7, 11) is 0. The summed E-state index contributed by atoms with van der Waals surface area (Å²) >= 11 is 7.70. The largest absolute Gasteiger partial charge is 0.349 e. The highest BCUT2D eigenvalue weighted by Gasteiger charge is 2.29. The fourth-order valence-electron chi connectivity index (χ4n) is 1.36. The third kappa shape index (κ3) is 3.06. The van der Waals surface area contributed by atoms with Crippen LogP contribution in [0.3, 0.4) is 0 Å². The first-order chi connectivity index (χ1) is 6.61. The van der Waals surface area contributed by atoms with Crippen molar-refractivity contribution in [3.63, 3.8) is 0 Å². The number of halogens is 1. The zero-order valence-corrected chi connectivity index (χ0v) is 10.4.